The molecule has 2 N–H and O–H groups in total. The number of phenolic OH excluding ortho intramolecular Hbond substituents is 1. The normalized spacial score (nSPS) is 11.3. The Morgan fingerprint density at radius 1 is 0.926 bits per heavy atom. The lowest BCUT2D eigenvalue weighted by molar-refractivity contribution is -0.671. The van der Waals surface area contributed by atoms with Crippen molar-refractivity contribution in [3.63, 3.8) is 0 Å². The number of hydrogen-bond acceptors (Lipinski definition) is 3. The lowest BCUT2D eigenvalue weighted by Gasteiger charge is -2.07. The molecule has 134 valence electrons. The van der Waals surface area contributed by atoms with Gasteiger partial charge in [-0.1, -0.05) is 24.3 Å². The number of rotatable bonds is 5. The Kier molecular flexibility index (Phi) is 5.42. The summed E-state index contributed by atoms with van der Waals surface area (Å²) in [7, 11) is 1.93. The van der Waals surface area contributed by atoms with Crippen LogP contribution in [0.4, 0.5) is 0 Å². The summed E-state index contributed by atoms with van der Waals surface area (Å²) in [6.45, 7) is 0. The molecule has 0 aliphatic rings. The monoisotopic (exact) mass is 359 g/mol. The molecule has 0 aliphatic carbocycles. The van der Waals surface area contributed by atoms with E-state index in [4.69, 9.17) is 0 Å². The Bertz CT molecular complexity index is 1010. The van der Waals surface area contributed by atoms with Crippen LogP contribution in [0.1, 0.15) is 32.6 Å². The van der Waals surface area contributed by atoms with Gasteiger partial charge < -0.3 is 10.2 Å². The summed E-state index contributed by atoms with van der Waals surface area (Å²) in [5.41, 5.74) is 2.84. The van der Waals surface area contributed by atoms with E-state index in [1.165, 1.54) is 12.1 Å². The van der Waals surface area contributed by atoms with Gasteiger partial charge in [-0.2, -0.15) is 0 Å². The van der Waals surface area contributed by atoms with Crippen molar-refractivity contribution in [2.24, 2.45) is 7.05 Å². The van der Waals surface area contributed by atoms with Crippen molar-refractivity contribution in [2.45, 2.75) is 0 Å². The highest BCUT2D eigenvalue weighted by atomic mass is 16.4. The molecule has 27 heavy (non-hydrogen) atoms. The molecule has 0 saturated heterocycles. The summed E-state index contributed by atoms with van der Waals surface area (Å²) in [5.74, 6) is -1.02. The average Bonchev–Trinajstić information content (AvgIpc) is 2.68. The van der Waals surface area contributed by atoms with Gasteiger partial charge in [0.1, 0.15) is 12.8 Å². The van der Waals surface area contributed by atoms with Crippen LogP contribution in [0, 0.1) is 0 Å². The highest BCUT2D eigenvalue weighted by Gasteiger charge is 2.11. The molecule has 0 fully saturated rings. The zero-order valence-electron chi connectivity index (χ0n) is 14.8. The van der Waals surface area contributed by atoms with E-state index in [0.717, 1.165) is 11.1 Å². The van der Waals surface area contributed by atoms with Gasteiger partial charge in [0.05, 0.1) is 5.56 Å². The van der Waals surface area contributed by atoms with Crippen molar-refractivity contribution in [1.29, 1.82) is 0 Å². The van der Waals surface area contributed by atoms with E-state index in [9.17, 15) is 15.0 Å². The molecule has 0 atom stereocenters. The topological polar surface area (TPSA) is 74.3 Å². The summed E-state index contributed by atoms with van der Waals surface area (Å²) < 4.78 is 1.92. The van der Waals surface area contributed by atoms with Crippen LogP contribution < -0.4 is 4.57 Å². The quantitative estimate of drug-likeness (QED) is 0.682. The zero-order chi connectivity index (χ0) is 19.2. The fourth-order valence-electron chi connectivity index (χ4n) is 2.53. The maximum atomic E-state index is 11.5. The molecule has 2 aromatic heterocycles. The van der Waals surface area contributed by atoms with E-state index in [2.05, 4.69) is 4.98 Å². The number of carbonyl (C=O) groups is 1. The van der Waals surface area contributed by atoms with Gasteiger partial charge in [0.25, 0.3) is 0 Å². The molecule has 3 rings (SSSR count). The van der Waals surface area contributed by atoms with Crippen LogP contribution in [-0.2, 0) is 7.05 Å². The third-order valence-corrected chi connectivity index (χ3v) is 4.04. The van der Waals surface area contributed by atoms with Gasteiger partial charge in [0, 0.05) is 35.7 Å². The second kappa shape index (κ2) is 8.10. The van der Waals surface area contributed by atoms with Gasteiger partial charge in [0.2, 0.25) is 0 Å². The van der Waals surface area contributed by atoms with Crippen LogP contribution in [0.5, 0.6) is 5.75 Å². The Labute approximate surface area is 157 Å². The number of aromatic nitrogens is 2. The molecule has 3 aromatic rings. The Balaban J connectivity index is 1.98. The third-order valence-electron chi connectivity index (χ3n) is 4.04. The van der Waals surface area contributed by atoms with Gasteiger partial charge in [0.15, 0.2) is 12.4 Å². The Morgan fingerprint density at radius 2 is 1.44 bits per heavy atom. The number of phenols is 1. The number of pyridine rings is 2. The van der Waals surface area contributed by atoms with Gasteiger partial charge in [-0.3, -0.25) is 4.98 Å². The van der Waals surface area contributed by atoms with Crippen molar-refractivity contribution in [3.8, 4) is 5.75 Å². The SMILES string of the molecule is C[n+]1ccc(C=Cc2cc(C(=O)O)cc(C=Cc3ccncc3)c2O)cc1. The lowest BCUT2D eigenvalue weighted by atomic mass is 10.0. The maximum absolute atomic E-state index is 11.5. The first kappa shape index (κ1) is 18.1. The fraction of sp³-hybridized carbons (Fsp3) is 0.0455. The number of benzene rings is 1. The van der Waals surface area contributed by atoms with Crippen LogP contribution in [0.3, 0.4) is 0 Å². The van der Waals surface area contributed by atoms with E-state index in [-0.39, 0.29) is 11.3 Å². The van der Waals surface area contributed by atoms with Gasteiger partial charge in [-0.25, -0.2) is 9.36 Å². The van der Waals surface area contributed by atoms with Crippen LogP contribution >= 0.6 is 0 Å². The van der Waals surface area contributed by atoms with E-state index < -0.39 is 5.97 Å². The number of hydrogen-bond donors (Lipinski definition) is 2. The summed E-state index contributed by atoms with van der Waals surface area (Å²) in [4.78, 5) is 15.4. The average molecular weight is 359 g/mol. The maximum Gasteiger partial charge on any atom is 0.335 e. The number of carboxylic acids is 1. The van der Waals surface area contributed by atoms with Gasteiger partial charge in [-0.05, 0) is 35.4 Å². The Hall–Kier alpha value is -3.73. The third kappa shape index (κ3) is 4.67. The van der Waals surface area contributed by atoms with Crippen LogP contribution in [0.25, 0.3) is 24.3 Å². The number of aromatic carboxylic acids is 1. The predicted octanol–water partition coefficient (Wildman–Crippen LogP) is 3.65. The van der Waals surface area contributed by atoms with Crippen LogP contribution in [0.15, 0.2) is 61.2 Å². The van der Waals surface area contributed by atoms with Crippen molar-refractivity contribution in [3.05, 3.63) is 89.0 Å². The number of aryl methyl sites for hydroxylation is 1. The van der Waals surface area contributed by atoms with Crippen molar-refractivity contribution >= 4 is 30.3 Å². The van der Waals surface area contributed by atoms with Crippen LogP contribution in [-0.4, -0.2) is 21.2 Å². The first-order valence-corrected chi connectivity index (χ1v) is 8.35. The Morgan fingerprint density at radius 3 is 1.96 bits per heavy atom. The fourth-order valence-corrected chi connectivity index (χ4v) is 2.53. The van der Waals surface area contributed by atoms with Gasteiger partial charge >= 0.3 is 5.97 Å². The molecule has 1 aromatic carbocycles. The number of aromatic hydroxyl groups is 1. The molecule has 0 radical (unpaired) electrons. The highest BCUT2D eigenvalue weighted by molar-refractivity contribution is 5.92. The van der Waals surface area contributed by atoms with E-state index in [1.54, 1.807) is 30.6 Å². The second-order valence-corrected chi connectivity index (χ2v) is 6.05. The molecular formula is C22H19N2O3+. The van der Waals surface area contributed by atoms with Crippen molar-refractivity contribution in [1.82, 2.24) is 4.98 Å². The molecule has 5 heteroatoms. The van der Waals surface area contributed by atoms with E-state index in [0.29, 0.717) is 11.1 Å². The lowest BCUT2D eigenvalue weighted by Crippen LogP contribution is -2.25. The van der Waals surface area contributed by atoms with Crippen molar-refractivity contribution < 1.29 is 19.6 Å². The summed E-state index contributed by atoms with van der Waals surface area (Å²) in [6.07, 6.45) is 14.2. The number of nitrogens with zero attached hydrogens (tertiary/aromatic N) is 2. The molecule has 0 bridgehead atoms. The summed E-state index contributed by atoms with van der Waals surface area (Å²) in [6, 6.07) is 10.4. The minimum Gasteiger partial charge on any atom is -0.507 e. The first-order valence-electron chi connectivity index (χ1n) is 8.35. The molecule has 0 aliphatic heterocycles. The molecule has 0 saturated carbocycles. The molecule has 2 heterocycles. The standard InChI is InChI=1S/C22H18N2O3/c1-24-12-8-17(9-13-24)3-5-19-15-20(22(26)27)14-18(21(19)25)4-2-16-6-10-23-11-7-16/h2-15H,1H3,(H,26,27)/p+1. The summed E-state index contributed by atoms with van der Waals surface area (Å²) in [5, 5.41) is 20.0. The largest absolute Gasteiger partial charge is 0.507 e. The highest BCUT2D eigenvalue weighted by Crippen LogP contribution is 2.28. The molecule has 0 spiro atoms. The molecule has 5 nitrogen and oxygen atoms in total. The van der Waals surface area contributed by atoms with E-state index >= 15 is 0 Å². The molecule has 0 unspecified atom stereocenters. The number of carboxylic acid groups (broad SMARTS) is 1. The van der Waals surface area contributed by atoms with Crippen molar-refractivity contribution in [2.75, 3.05) is 0 Å². The summed E-state index contributed by atoms with van der Waals surface area (Å²) >= 11 is 0. The second-order valence-electron chi connectivity index (χ2n) is 6.05. The zero-order valence-corrected chi connectivity index (χ0v) is 14.8. The van der Waals surface area contributed by atoms with E-state index in [1.807, 2.05) is 54.3 Å². The minimum atomic E-state index is -1.05. The molecular weight excluding hydrogens is 340 g/mol. The predicted molar refractivity (Wildman–Crippen MR) is 105 cm³/mol. The minimum absolute atomic E-state index is 0.0306. The first-order chi connectivity index (χ1) is 13.0. The molecule has 0 amide bonds. The van der Waals surface area contributed by atoms with Gasteiger partial charge in [-0.15, -0.1) is 0 Å². The smallest absolute Gasteiger partial charge is 0.335 e. The van der Waals surface area contributed by atoms with Crippen LogP contribution in [0.2, 0.25) is 0 Å².